The predicted molar refractivity (Wildman–Crippen MR) is 156 cm³/mol. The van der Waals surface area contributed by atoms with E-state index < -0.39 is 0 Å². The first-order valence-corrected chi connectivity index (χ1v) is 14.5. The molecule has 1 unspecified atom stereocenters. The van der Waals surface area contributed by atoms with Gasteiger partial charge in [-0.25, -0.2) is 0 Å². The Morgan fingerprint density at radius 2 is 1.68 bits per heavy atom. The Hall–Kier alpha value is -3.06. The smallest absolute Gasteiger partial charge is 0.161 e. The molecule has 0 aromatic heterocycles. The monoisotopic (exact) mass is 543 g/mol. The Morgan fingerprint density at radius 3 is 2.40 bits per heavy atom. The summed E-state index contributed by atoms with van der Waals surface area (Å²) in [5, 5.41) is 10.2. The van der Waals surface area contributed by atoms with Crippen molar-refractivity contribution < 1.29 is 24.1 Å². The summed E-state index contributed by atoms with van der Waals surface area (Å²) in [5.41, 5.74) is 6.16. The molecule has 2 fully saturated rings. The topological polar surface area (TPSA) is 60.4 Å². The number of rotatable bonds is 7. The van der Waals surface area contributed by atoms with Crippen molar-refractivity contribution in [2.75, 3.05) is 45.9 Å². The first kappa shape index (κ1) is 27.1. The number of aromatic hydroxyl groups is 1. The fraction of sp³-hybridized carbons (Fsp3) is 0.471. The lowest BCUT2D eigenvalue weighted by Crippen LogP contribution is -2.44. The first-order valence-electron chi connectivity index (χ1n) is 14.5. The van der Waals surface area contributed by atoms with Crippen molar-refractivity contribution in [2.24, 2.45) is 5.92 Å². The third-order valence-corrected chi connectivity index (χ3v) is 9.50. The number of phenols is 1. The lowest BCUT2D eigenvalue weighted by atomic mass is 9.69. The van der Waals surface area contributed by atoms with Crippen molar-refractivity contribution >= 4 is 5.69 Å². The Bertz CT molecular complexity index is 1300. The number of nitrogens with zero attached hydrogens (tertiary/aromatic N) is 1. The number of ether oxygens (including phenoxy) is 4. The first-order chi connectivity index (χ1) is 19.5. The maximum atomic E-state index is 10.2. The van der Waals surface area contributed by atoms with Gasteiger partial charge in [0.15, 0.2) is 6.29 Å². The number of anilines is 1. The van der Waals surface area contributed by atoms with Crippen LogP contribution in [0.1, 0.15) is 59.8 Å². The third-order valence-electron chi connectivity index (χ3n) is 9.50. The maximum absolute atomic E-state index is 10.2. The number of phenolic OH excluding ortho intramolecular Hbond substituents is 1. The van der Waals surface area contributed by atoms with Crippen LogP contribution in [0.15, 0.2) is 66.7 Å². The van der Waals surface area contributed by atoms with E-state index in [0.717, 1.165) is 50.9 Å². The quantitative estimate of drug-likeness (QED) is 0.355. The largest absolute Gasteiger partial charge is 0.508 e. The number of hydrogen-bond acceptors (Lipinski definition) is 6. The molecule has 1 aliphatic carbocycles. The Labute approximate surface area is 237 Å². The molecule has 6 nitrogen and oxygen atoms in total. The van der Waals surface area contributed by atoms with Crippen LogP contribution in [-0.4, -0.2) is 58.0 Å². The van der Waals surface area contributed by atoms with E-state index in [1.807, 2.05) is 12.1 Å². The van der Waals surface area contributed by atoms with Crippen molar-refractivity contribution in [2.45, 2.75) is 55.8 Å². The van der Waals surface area contributed by atoms with Crippen LogP contribution in [0.25, 0.3) is 0 Å². The molecule has 0 bridgehead atoms. The number of benzene rings is 3. The molecule has 0 amide bonds. The van der Waals surface area contributed by atoms with E-state index in [0.29, 0.717) is 18.3 Å². The zero-order valence-corrected chi connectivity index (χ0v) is 23.8. The lowest BCUT2D eigenvalue weighted by molar-refractivity contribution is -0.136. The number of piperidine rings is 1. The molecule has 2 saturated heterocycles. The minimum Gasteiger partial charge on any atom is -0.508 e. The van der Waals surface area contributed by atoms with Gasteiger partial charge in [-0.2, -0.15) is 0 Å². The highest BCUT2D eigenvalue weighted by atomic mass is 16.7. The van der Waals surface area contributed by atoms with Crippen molar-refractivity contribution in [1.29, 1.82) is 0 Å². The molecule has 6 heteroatoms. The Kier molecular flexibility index (Phi) is 7.76. The van der Waals surface area contributed by atoms with Gasteiger partial charge < -0.3 is 29.0 Å². The van der Waals surface area contributed by atoms with E-state index in [1.165, 1.54) is 27.9 Å². The highest BCUT2D eigenvalue weighted by molar-refractivity contribution is 5.58. The molecule has 0 saturated carbocycles. The van der Waals surface area contributed by atoms with Gasteiger partial charge in [-0.05, 0) is 72.9 Å². The molecule has 3 atom stereocenters. The van der Waals surface area contributed by atoms with Gasteiger partial charge >= 0.3 is 0 Å². The number of fused-ring (bicyclic) bond motifs is 1. The summed E-state index contributed by atoms with van der Waals surface area (Å²) in [6.45, 7) is 2.58. The van der Waals surface area contributed by atoms with Gasteiger partial charge in [-0.15, -0.1) is 0 Å². The van der Waals surface area contributed by atoms with Crippen LogP contribution in [0.2, 0.25) is 0 Å². The van der Waals surface area contributed by atoms with Crippen LogP contribution < -0.4 is 9.64 Å². The van der Waals surface area contributed by atoms with Gasteiger partial charge in [0, 0.05) is 56.5 Å². The normalized spacial score (nSPS) is 23.9. The van der Waals surface area contributed by atoms with E-state index in [9.17, 15) is 5.11 Å². The van der Waals surface area contributed by atoms with Crippen LogP contribution in [-0.2, 0) is 20.6 Å². The molecule has 3 aliphatic rings. The average Bonchev–Trinajstić information content (AvgIpc) is 3.40. The second-order valence-corrected chi connectivity index (χ2v) is 11.6. The summed E-state index contributed by atoms with van der Waals surface area (Å²) >= 11 is 0. The van der Waals surface area contributed by atoms with E-state index in [1.54, 1.807) is 21.3 Å². The summed E-state index contributed by atoms with van der Waals surface area (Å²) < 4.78 is 23.5. The predicted octanol–water partition coefficient (Wildman–Crippen LogP) is 6.26. The number of methoxy groups -OCH3 is 3. The summed E-state index contributed by atoms with van der Waals surface area (Å²) in [6, 6.07) is 23.4. The number of hydrogen-bond donors (Lipinski definition) is 1. The molecule has 1 spiro atoms. The molecule has 40 heavy (non-hydrogen) atoms. The molecule has 212 valence electrons. The van der Waals surface area contributed by atoms with E-state index >= 15 is 0 Å². The SMILES string of the molecule is COc1cc(N2CCC3(CC2)CC(C(OC)OC)CO3)ccc1[C@@H]1c2ccc(O)cc2CC[C@@H]1c1ccccc1. The van der Waals surface area contributed by atoms with Gasteiger partial charge in [0.2, 0.25) is 0 Å². The highest BCUT2D eigenvalue weighted by Crippen LogP contribution is 2.50. The van der Waals surface area contributed by atoms with Crippen molar-refractivity contribution in [1.82, 2.24) is 0 Å². The van der Waals surface area contributed by atoms with E-state index in [4.69, 9.17) is 18.9 Å². The standard InChI is InChI=1S/C34H41NO5/c1-37-31-20-26(35-17-15-34(16-18-35)21-25(22-40-34)33(38-2)39-3)10-13-30(31)32-28(23-7-5-4-6-8-23)12-9-24-19-27(36)11-14-29(24)32/h4-8,10-11,13-14,19-20,25,28,32-33,36H,9,12,15-18,21-22H2,1-3H3/t25?,28-,32+/m1/s1. The third kappa shape index (κ3) is 5.09. The van der Waals surface area contributed by atoms with E-state index in [-0.39, 0.29) is 23.7 Å². The zero-order chi connectivity index (χ0) is 27.7. The van der Waals surface area contributed by atoms with Crippen molar-refractivity contribution in [3.05, 3.63) is 89.0 Å². The van der Waals surface area contributed by atoms with Crippen molar-refractivity contribution in [3.8, 4) is 11.5 Å². The molecule has 1 N–H and O–H groups in total. The van der Waals surface area contributed by atoms with Crippen LogP contribution >= 0.6 is 0 Å². The Morgan fingerprint density at radius 1 is 0.925 bits per heavy atom. The molecule has 3 aromatic carbocycles. The minimum atomic E-state index is -0.206. The molecular weight excluding hydrogens is 502 g/mol. The second-order valence-electron chi connectivity index (χ2n) is 11.6. The summed E-state index contributed by atoms with van der Waals surface area (Å²) in [4.78, 5) is 2.46. The zero-order valence-electron chi connectivity index (χ0n) is 23.8. The van der Waals surface area contributed by atoms with Crippen LogP contribution in [0.4, 0.5) is 5.69 Å². The van der Waals surface area contributed by atoms with Crippen LogP contribution in [0.5, 0.6) is 11.5 Å². The van der Waals surface area contributed by atoms with Gasteiger partial charge in [-0.3, -0.25) is 0 Å². The lowest BCUT2D eigenvalue weighted by Gasteiger charge is -2.40. The molecule has 0 radical (unpaired) electrons. The summed E-state index contributed by atoms with van der Waals surface area (Å²) in [5.74, 6) is 2.02. The Balaban J connectivity index is 1.26. The van der Waals surface area contributed by atoms with Gasteiger partial charge in [0.25, 0.3) is 0 Å². The second kappa shape index (κ2) is 11.4. The fourth-order valence-electron chi connectivity index (χ4n) is 7.46. The van der Waals surface area contributed by atoms with Gasteiger partial charge in [-0.1, -0.05) is 42.5 Å². The van der Waals surface area contributed by atoms with Crippen LogP contribution in [0, 0.1) is 5.92 Å². The number of aryl methyl sites for hydroxylation is 1. The molecule has 6 rings (SSSR count). The molecule has 3 aromatic rings. The molecular formula is C34H41NO5. The van der Waals surface area contributed by atoms with Crippen molar-refractivity contribution in [3.63, 3.8) is 0 Å². The molecule has 2 heterocycles. The maximum Gasteiger partial charge on any atom is 0.161 e. The average molecular weight is 544 g/mol. The fourth-order valence-corrected chi connectivity index (χ4v) is 7.46. The van der Waals surface area contributed by atoms with Gasteiger partial charge in [0.05, 0.1) is 19.3 Å². The minimum absolute atomic E-state index is 0.0826. The summed E-state index contributed by atoms with van der Waals surface area (Å²) in [6.07, 6.45) is 4.73. The summed E-state index contributed by atoms with van der Waals surface area (Å²) in [7, 11) is 5.19. The van der Waals surface area contributed by atoms with Gasteiger partial charge in [0.1, 0.15) is 11.5 Å². The highest BCUT2D eigenvalue weighted by Gasteiger charge is 2.45. The molecule has 2 aliphatic heterocycles. The van der Waals surface area contributed by atoms with Crippen LogP contribution in [0.3, 0.4) is 0 Å². The van der Waals surface area contributed by atoms with E-state index in [2.05, 4.69) is 59.5 Å².